The lowest BCUT2D eigenvalue weighted by atomic mass is 9.98. The van der Waals surface area contributed by atoms with Crippen LogP contribution in [0.5, 0.6) is 0 Å². The highest BCUT2D eigenvalue weighted by molar-refractivity contribution is 5.54. The third kappa shape index (κ3) is 2.76. The molecule has 0 heterocycles. The maximum absolute atomic E-state index is 5.66. The molecule has 0 spiro atoms. The Morgan fingerprint density at radius 2 is 1.88 bits per heavy atom. The number of hydrogen-bond donors (Lipinski definition) is 2. The monoisotopic (exact) mass is 212 g/mol. The number of benzene rings is 1. The number of anilines is 1. The van der Waals surface area contributed by atoms with Crippen LogP contribution < -0.4 is 11.5 Å². The van der Waals surface area contributed by atoms with Crippen LogP contribution in [-0.2, 0) is 0 Å². The Morgan fingerprint density at radius 3 is 2.50 bits per heavy atom. The van der Waals surface area contributed by atoms with Gasteiger partial charge in [-0.05, 0) is 36.1 Å². The summed E-state index contributed by atoms with van der Waals surface area (Å²) in [5.74, 6) is 0.449. The van der Waals surface area contributed by atoms with Gasteiger partial charge in [-0.2, -0.15) is 0 Å². The average molecular weight is 212 g/mol. The molecule has 0 bridgehead atoms. The second-order valence-electron chi connectivity index (χ2n) is 3.99. The fourth-order valence-corrected chi connectivity index (χ4v) is 1.64. The van der Waals surface area contributed by atoms with Crippen molar-refractivity contribution in [3.05, 3.63) is 59.8 Å². The summed E-state index contributed by atoms with van der Waals surface area (Å²) < 4.78 is 0. The topological polar surface area (TPSA) is 52.0 Å². The second-order valence-corrected chi connectivity index (χ2v) is 3.99. The van der Waals surface area contributed by atoms with Crippen LogP contribution in [0, 0.1) is 5.92 Å². The van der Waals surface area contributed by atoms with Crippen LogP contribution in [0.2, 0.25) is 0 Å². The first kappa shape index (κ1) is 10.6. The van der Waals surface area contributed by atoms with Crippen molar-refractivity contribution in [2.75, 3.05) is 5.73 Å². The number of rotatable bonds is 2. The van der Waals surface area contributed by atoms with Gasteiger partial charge in [0.2, 0.25) is 0 Å². The van der Waals surface area contributed by atoms with Crippen molar-refractivity contribution in [1.82, 2.24) is 0 Å². The standard InChI is InChI=1S/C14H16N2/c15-13-7-3-11(4-8-13)1-2-12-5-9-14(16)10-6-12/h1-5,7-10,12H,6,15-16H2. The minimum absolute atomic E-state index is 0.449. The van der Waals surface area contributed by atoms with Crippen LogP contribution in [0.15, 0.2) is 54.3 Å². The molecule has 0 saturated carbocycles. The lowest BCUT2D eigenvalue weighted by Crippen LogP contribution is -2.01. The summed E-state index contributed by atoms with van der Waals surface area (Å²) in [6.07, 6.45) is 11.4. The molecule has 1 aliphatic rings. The first-order chi connectivity index (χ1) is 7.74. The third-order valence-electron chi connectivity index (χ3n) is 2.63. The molecule has 1 aromatic rings. The lowest BCUT2D eigenvalue weighted by molar-refractivity contribution is 0.815. The van der Waals surface area contributed by atoms with E-state index in [-0.39, 0.29) is 0 Å². The average Bonchev–Trinajstić information content (AvgIpc) is 2.30. The predicted octanol–water partition coefficient (Wildman–Crippen LogP) is 2.70. The van der Waals surface area contributed by atoms with Crippen LogP contribution in [0.1, 0.15) is 12.0 Å². The van der Waals surface area contributed by atoms with Crippen LogP contribution in [0.25, 0.3) is 6.08 Å². The van der Waals surface area contributed by atoms with E-state index in [1.165, 1.54) is 5.56 Å². The molecule has 0 saturated heterocycles. The molecule has 2 nitrogen and oxygen atoms in total. The van der Waals surface area contributed by atoms with Gasteiger partial charge in [-0.1, -0.05) is 36.4 Å². The molecule has 0 aliphatic heterocycles. The molecular formula is C14H16N2. The van der Waals surface area contributed by atoms with Crippen LogP contribution in [0.4, 0.5) is 5.69 Å². The molecule has 16 heavy (non-hydrogen) atoms. The van der Waals surface area contributed by atoms with Crippen molar-refractivity contribution in [2.45, 2.75) is 6.42 Å². The minimum atomic E-state index is 0.449. The van der Waals surface area contributed by atoms with E-state index in [0.717, 1.165) is 17.8 Å². The summed E-state index contributed by atoms with van der Waals surface area (Å²) in [4.78, 5) is 0. The van der Waals surface area contributed by atoms with Crippen molar-refractivity contribution in [3.63, 3.8) is 0 Å². The highest BCUT2D eigenvalue weighted by atomic mass is 14.6. The van der Waals surface area contributed by atoms with E-state index in [4.69, 9.17) is 11.5 Å². The molecule has 0 amide bonds. The molecular weight excluding hydrogens is 196 g/mol. The summed E-state index contributed by atoms with van der Waals surface area (Å²) in [5, 5.41) is 0. The van der Waals surface area contributed by atoms with E-state index in [2.05, 4.69) is 24.3 Å². The van der Waals surface area contributed by atoms with E-state index in [0.29, 0.717) is 5.92 Å². The van der Waals surface area contributed by atoms with Crippen LogP contribution in [0.3, 0.4) is 0 Å². The number of allylic oxidation sites excluding steroid dienone is 4. The number of hydrogen-bond acceptors (Lipinski definition) is 2. The fourth-order valence-electron chi connectivity index (χ4n) is 1.64. The third-order valence-corrected chi connectivity index (χ3v) is 2.63. The van der Waals surface area contributed by atoms with Crippen molar-refractivity contribution in [1.29, 1.82) is 0 Å². The van der Waals surface area contributed by atoms with Crippen LogP contribution >= 0.6 is 0 Å². The van der Waals surface area contributed by atoms with Crippen molar-refractivity contribution in [3.8, 4) is 0 Å². The normalized spacial score (nSPS) is 20.0. The van der Waals surface area contributed by atoms with Gasteiger partial charge in [-0.3, -0.25) is 0 Å². The zero-order valence-electron chi connectivity index (χ0n) is 9.14. The molecule has 1 unspecified atom stereocenters. The van der Waals surface area contributed by atoms with Crippen molar-refractivity contribution < 1.29 is 0 Å². The van der Waals surface area contributed by atoms with E-state index in [1.54, 1.807) is 0 Å². The molecule has 0 aromatic heterocycles. The highest BCUT2D eigenvalue weighted by Crippen LogP contribution is 2.17. The number of nitrogens with two attached hydrogens (primary N) is 2. The first-order valence-corrected chi connectivity index (χ1v) is 5.41. The molecule has 2 rings (SSSR count). The van der Waals surface area contributed by atoms with E-state index < -0.39 is 0 Å². The van der Waals surface area contributed by atoms with Gasteiger partial charge in [0.25, 0.3) is 0 Å². The summed E-state index contributed by atoms with van der Waals surface area (Å²) in [6.45, 7) is 0. The Labute approximate surface area is 96.0 Å². The van der Waals surface area contributed by atoms with E-state index in [1.807, 2.05) is 30.3 Å². The first-order valence-electron chi connectivity index (χ1n) is 5.41. The molecule has 82 valence electrons. The Bertz CT molecular complexity index is 438. The van der Waals surface area contributed by atoms with Gasteiger partial charge >= 0.3 is 0 Å². The van der Waals surface area contributed by atoms with Crippen LogP contribution in [-0.4, -0.2) is 0 Å². The molecule has 1 aliphatic carbocycles. The van der Waals surface area contributed by atoms with Gasteiger partial charge in [0, 0.05) is 11.4 Å². The maximum atomic E-state index is 5.66. The fraction of sp³-hybridized carbons (Fsp3) is 0.143. The maximum Gasteiger partial charge on any atom is 0.0314 e. The predicted molar refractivity (Wildman–Crippen MR) is 69.4 cm³/mol. The zero-order chi connectivity index (χ0) is 11.4. The Kier molecular flexibility index (Phi) is 3.10. The van der Waals surface area contributed by atoms with E-state index >= 15 is 0 Å². The Balaban J connectivity index is 2.00. The van der Waals surface area contributed by atoms with Gasteiger partial charge in [0.15, 0.2) is 0 Å². The molecule has 4 N–H and O–H groups in total. The van der Waals surface area contributed by atoms with Crippen molar-refractivity contribution >= 4 is 11.8 Å². The largest absolute Gasteiger partial charge is 0.399 e. The Hall–Kier alpha value is -1.96. The van der Waals surface area contributed by atoms with Gasteiger partial charge in [0.1, 0.15) is 0 Å². The number of nitrogen functional groups attached to an aromatic ring is 1. The van der Waals surface area contributed by atoms with Gasteiger partial charge in [0.05, 0.1) is 0 Å². The quantitative estimate of drug-likeness (QED) is 0.740. The molecule has 1 aromatic carbocycles. The Morgan fingerprint density at radius 1 is 1.12 bits per heavy atom. The second kappa shape index (κ2) is 4.71. The summed E-state index contributed by atoms with van der Waals surface area (Å²) in [6, 6.07) is 7.85. The van der Waals surface area contributed by atoms with Gasteiger partial charge in [-0.15, -0.1) is 0 Å². The summed E-state index contributed by atoms with van der Waals surface area (Å²) in [5.41, 5.74) is 14.1. The highest BCUT2D eigenvalue weighted by Gasteiger charge is 2.02. The molecule has 2 heteroatoms. The minimum Gasteiger partial charge on any atom is -0.399 e. The molecule has 0 radical (unpaired) electrons. The summed E-state index contributed by atoms with van der Waals surface area (Å²) in [7, 11) is 0. The zero-order valence-corrected chi connectivity index (χ0v) is 9.14. The summed E-state index contributed by atoms with van der Waals surface area (Å²) >= 11 is 0. The van der Waals surface area contributed by atoms with Crippen molar-refractivity contribution in [2.24, 2.45) is 11.7 Å². The molecule has 0 fully saturated rings. The van der Waals surface area contributed by atoms with E-state index in [9.17, 15) is 0 Å². The van der Waals surface area contributed by atoms with Gasteiger partial charge < -0.3 is 11.5 Å². The lowest BCUT2D eigenvalue weighted by Gasteiger charge is -2.09. The molecule has 1 atom stereocenters. The SMILES string of the molecule is NC1=CCC(C=Cc2ccc(N)cc2)C=C1. The van der Waals surface area contributed by atoms with Gasteiger partial charge in [-0.25, -0.2) is 0 Å². The smallest absolute Gasteiger partial charge is 0.0314 e.